The number of hydrogen-bond donors (Lipinski definition) is 20. The Morgan fingerprint density at radius 3 is 1.56 bits per heavy atom. The predicted octanol–water partition coefficient (Wildman–Crippen LogP) is -8.18. The van der Waals surface area contributed by atoms with E-state index in [-0.39, 0.29) is 48.4 Å². The second-order valence-corrected chi connectivity index (χ2v) is 29.3. The van der Waals surface area contributed by atoms with Gasteiger partial charge in [0, 0.05) is 30.1 Å². The van der Waals surface area contributed by atoms with Crippen LogP contribution < -0.4 is 0 Å². The fraction of sp³-hybridized carbons (Fsp3) is 0.952. The smallest absolute Gasteiger partial charge is 0.187 e. The van der Waals surface area contributed by atoms with E-state index >= 15 is 0 Å². The molecule has 0 bridgehead atoms. The quantitative estimate of drug-likeness (QED) is 0.0475. The van der Waals surface area contributed by atoms with Crippen LogP contribution in [0.15, 0.2) is 11.6 Å². The Labute approximate surface area is 558 Å². The highest BCUT2D eigenvalue weighted by atomic mass is 16.8. The number of ether oxygens (including phenoxy) is 13. The number of aliphatic hydroxyl groups is 20. The SMILES string of the molecule is C[C@@H](CC[C@]1(O)O[C@H]2C[C@H]3[C@@H]4CC=C5C[C@@H](O[C@@H]6O[C@H](CO)[C@H](O[C@@H]7O[C@H](CO)[C@@H](O)[C@H](O[C@@H]8O[C@H](CO)[C@@H](O[C@@H]9O[C@@H](C)[C@H](O)[C@@H](O)[C@H]9O)[C@H](O)[C@H]8O)[C@H]7O[C@@H]7O[C@H](CO)[C@@H](O)[C@H](O)[C@H]7O)[C@H](O)[C@H]6O)CC[C@]5(C)[C@H]4CC(=O)[C@]3(C)[C@H]2[C@@H]1C)CO[C@@H]1O[C@H](CO)[C@@H](O)[C@H](O)[C@H]1O. The average Bonchev–Trinajstić information content (AvgIpc) is 1.57. The predicted molar refractivity (Wildman–Crippen MR) is 316 cm³/mol. The molecule has 11 aliphatic rings. The summed E-state index contributed by atoms with van der Waals surface area (Å²) in [6.07, 6.45) is -49.0. The van der Waals surface area contributed by atoms with Crippen LogP contribution in [-0.4, -0.2) is 350 Å². The van der Waals surface area contributed by atoms with E-state index in [1.54, 1.807) is 0 Å². The van der Waals surface area contributed by atoms with Gasteiger partial charge in [-0.05, 0) is 74.5 Å². The largest absolute Gasteiger partial charge is 0.394 e. The molecule has 97 heavy (non-hydrogen) atoms. The molecule has 0 aromatic rings. The van der Waals surface area contributed by atoms with Crippen LogP contribution in [0.4, 0.5) is 0 Å². The second-order valence-electron chi connectivity index (χ2n) is 29.3. The van der Waals surface area contributed by atoms with E-state index in [9.17, 15) is 107 Å². The van der Waals surface area contributed by atoms with Crippen molar-refractivity contribution in [2.24, 2.45) is 46.3 Å². The van der Waals surface area contributed by atoms with Gasteiger partial charge in [-0.3, -0.25) is 4.79 Å². The van der Waals surface area contributed by atoms with Crippen LogP contribution in [0, 0.1) is 46.3 Å². The van der Waals surface area contributed by atoms with Gasteiger partial charge in [0.25, 0.3) is 0 Å². The van der Waals surface area contributed by atoms with E-state index in [4.69, 9.17) is 61.6 Å². The Hall–Kier alpha value is -1.91. The van der Waals surface area contributed by atoms with Crippen molar-refractivity contribution < 1.29 is 169 Å². The Morgan fingerprint density at radius 1 is 0.515 bits per heavy atom. The van der Waals surface area contributed by atoms with Gasteiger partial charge in [-0.15, -0.1) is 0 Å². The fourth-order valence-corrected chi connectivity index (χ4v) is 17.6. The van der Waals surface area contributed by atoms with E-state index in [1.807, 2.05) is 20.8 Å². The lowest BCUT2D eigenvalue weighted by atomic mass is 9.46. The minimum absolute atomic E-state index is 0.0507. The lowest BCUT2D eigenvalue weighted by molar-refractivity contribution is -0.410. The molecule has 34 heteroatoms. The molecule has 0 amide bonds. The summed E-state index contributed by atoms with van der Waals surface area (Å²) >= 11 is 0. The van der Waals surface area contributed by atoms with Gasteiger partial charge < -0.3 is 164 Å². The zero-order chi connectivity index (χ0) is 70.4. The van der Waals surface area contributed by atoms with Crippen LogP contribution in [0.3, 0.4) is 0 Å². The van der Waals surface area contributed by atoms with Crippen molar-refractivity contribution in [3.05, 3.63) is 11.6 Å². The standard InChI is InChI=1S/C63H102O34/c1-21(20-85-55-46(79)42(75)38(71)30(15-64)88-55)8-11-63(84)22(2)36-29(97-63)13-28-26-7-6-24-12-25(9-10-61(24,4)27(26)14-35(69)62(28,36)5)87-57-49(82)44(77)52(34(19-68)91-57)94-60-54(96-58-48(81)43(76)39(72)31(16-65)89-58)53(40(73)32(17-66)90-60)95-59-50(83)45(78)51(33(18-67)92-59)93-56-47(80)41(74)37(70)23(3)86-56/h6,21-23,25-34,36-60,64-68,70-84H,7-20H2,1-5H3/t21-,22-,23-,25-,26+,27-,28-,29-,30+,31+,32+,33+,34+,36-,37-,38+,39+,40+,41+,42-,43-,44+,45+,46+,47+,48+,49+,50+,51+,52-,53-,54+,55+,56-,57+,58-,59-,60-,61-,62+,63-/m0/s1. The number of carbonyl (C=O) groups is 1. The molecule has 7 saturated heterocycles. The number of Topliss-reactive ketones (excluding diaryl/α,β-unsaturated/α-hetero) is 1. The lowest BCUT2D eigenvalue weighted by Gasteiger charge is -2.57. The third kappa shape index (κ3) is 14.0. The maximum Gasteiger partial charge on any atom is 0.187 e. The zero-order valence-electron chi connectivity index (χ0n) is 54.6. The number of ketones is 1. The molecule has 7 aliphatic heterocycles. The van der Waals surface area contributed by atoms with Crippen molar-refractivity contribution >= 4 is 5.78 Å². The maximum absolute atomic E-state index is 14.9. The lowest BCUT2D eigenvalue weighted by Crippen LogP contribution is -2.69. The molecule has 20 N–H and O–H groups in total. The van der Waals surface area contributed by atoms with Gasteiger partial charge in [0.05, 0.1) is 58.0 Å². The minimum Gasteiger partial charge on any atom is -0.394 e. The molecular weight excluding hydrogens is 1300 g/mol. The summed E-state index contributed by atoms with van der Waals surface area (Å²) in [5.74, 6) is -2.33. The average molecular weight is 1400 g/mol. The van der Waals surface area contributed by atoms with Crippen LogP contribution in [0.5, 0.6) is 0 Å². The summed E-state index contributed by atoms with van der Waals surface area (Å²) in [5.41, 5.74) is -0.205. The summed E-state index contributed by atoms with van der Waals surface area (Å²) in [5, 5.41) is 217. The van der Waals surface area contributed by atoms with Crippen LogP contribution in [0.2, 0.25) is 0 Å². The van der Waals surface area contributed by atoms with Crippen molar-refractivity contribution in [2.75, 3.05) is 39.6 Å². The normalized spacial score (nSPS) is 54.3. The number of rotatable bonds is 21. The molecule has 558 valence electrons. The van der Waals surface area contributed by atoms with Gasteiger partial charge in [-0.2, -0.15) is 0 Å². The molecule has 34 nitrogen and oxygen atoms in total. The fourth-order valence-electron chi connectivity index (χ4n) is 17.6. The van der Waals surface area contributed by atoms with E-state index in [1.165, 1.54) is 6.92 Å². The van der Waals surface area contributed by atoms with Gasteiger partial charge in [-0.25, -0.2) is 0 Å². The van der Waals surface area contributed by atoms with Crippen molar-refractivity contribution in [3.63, 3.8) is 0 Å². The molecule has 3 saturated carbocycles. The first kappa shape index (κ1) is 76.2. The Kier molecular flexibility index (Phi) is 23.8. The number of allylic oxidation sites excluding steroid dienone is 1. The monoisotopic (exact) mass is 1400 g/mol. The van der Waals surface area contributed by atoms with Crippen LogP contribution in [-0.2, 0) is 66.4 Å². The van der Waals surface area contributed by atoms with Gasteiger partial charge in [-0.1, -0.05) is 39.3 Å². The summed E-state index contributed by atoms with van der Waals surface area (Å²) in [7, 11) is 0. The number of carbonyl (C=O) groups excluding carboxylic acids is 1. The Morgan fingerprint density at radius 2 is 0.979 bits per heavy atom. The first-order valence-electron chi connectivity index (χ1n) is 33.9. The summed E-state index contributed by atoms with van der Waals surface area (Å²) in [6.45, 7) is 4.94. The van der Waals surface area contributed by atoms with Crippen molar-refractivity contribution in [1.29, 1.82) is 0 Å². The first-order valence-corrected chi connectivity index (χ1v) is 33.9. The van der Waals surface area contributed by atoms with Crippen LogP contribution in [0.1, 0.15) is 86.0 Å². The topological polar surface area (TPSA) is 542 Å². The summed E-state index contributed by atoms with van der Waals surface area (Å²) in [4.78, 5) is 14.9. The second kappa shape index (κ2) is 30.3. The number of aliphatic hydroxyl groups excluding tert-OH is 19. The van der Waals surface area contributed by atoms with Crippen LogP contribution in [0.25, 0.3) is 0 Å². The molecule has 0 radical (unpaired) electrons. The van der Waals surface area contributed by atoms with E-state index in [0.717, 1.165) is 5.57 Å². The van der Waals surface area contributed by atoms with Gasteiger partial charge >= 0.3 is 0 Å². The molecule has 10 fully saturated rings. The molecular formula is C63H102O34. The molecule has 0 spiro atoms. The maximum atomic E-state index is 14.9. The van der Waals surface area contributed by atoms with Crippen molar-refractivity contribution in [2.45, 2.75) is 288 Å². The van der Waals surface area contributed by atoms with Crippen molar-refractivity contribution in [1.82, 2.24) is 0 Å². The Bertz CT molecular complexity index is 2650. The van der Waals surface area contributed by atoms with E-state index in [0.29, 0.717) is 44.9 Å². The van der Waals surface area contributed by atoms with Crippen molar-refractivity contribution in [3.8, 4) is 0 Å². The first-order chi connectivity index (χ1) is 45.9. The Balaban J connectivity index is 0.745. The molecule has 0 unspecified atom stereocenters. The molecule has 7 heterocycles. The highest BCUT2D eigenvalue weighted by Crippen LogP contribution is 2.69. The third-order valence-electron chi connectivity index (χ3n) is 23.6. The van der Waals surface area contributed by atoms with Gasteiger partial charge in [0.2, 0.25) is 0 Å². The highest BCUT2D eigenvalue weighted by molar-refractivity contribution is 5.87. The summed E-state index contributed by atoms with van der Waals surface area (Å²) < 4.78 is 77.6. The van der Waals surface area contributed by atoms with Gasteiger partial charge in [0.15, 0.2) is 43.5 Å². The molecule has 4 aliphatic carbocycles. The number of fused-ring (bicyclic) bond motifs is 7. The summed E-state index contributed by atoms with van der Waals surface area (Å²) in [6, 6.07) is 0. The number of hydrogen-bond acceptors (Lipinski definition) is 34. The zero-order valence-corrected chi connectivity index (χ0v) is 54.6. The van der Waals surface area contributed by atoms with E-state index < -0.39 is 252 Å². The molecule has 0 aromatic carbocycles. The van der Waals surface area contributed by atoms with Gasteiger partial charge in [0.1, 0.15) is 146 Å². The minimum atomic E-state index is -2.20. The molecule has 0 aromatic heterocycles. The van der Waals surface area contributed by atoms with E-state index in [2.05, 4.69) is 13.0 Å². The van der Waals surface area contributed by atoms with Crippen LogP contribution >= 0.6 is 0 Å². The highest BCUT2D eigenvalue weighted by Gasteiger charge is 2.71. The molecule has 11 rings (SSSR count). The molecule has 41 atom stereocenters. The third-order valence-corrected chi connectivity index (χ3v) is 23.6.